The molecule has 0 fully saturated rings. The Morgan fingerprint density at radius 3 is 2.11 bits per heavy atom. The van der Waals surface area contributed by atoms with Crippen LogP contribution in [0, 0.1) is 11.8 Å². The van der Waals surface area contributed by atoms with E-state index in [4.69, 9.17) is 0 Å². The third-order valence-electron chi connectivity index (χ3n) is 4.07. The summed E-state index contributed by atoms with van der Waals surface area (Å²) in [7, 11) is 0. The van der Waals surface area contributed by atoms with Crippen molar-refractivity contribution in [2.45, 2.75) is 53.4 Å². The van der Waals surface area contributed by atoms with Gasteiger partial charge in [-0.1, -0.05) is 58.9 Å². The van der Waals surface area contributed by atoms with Crippen LogP contribution in [0.25, 0.3) is 0 Å². The second-order valence-corrected chi connectivity index (χ2v) is 6.26. The second kappa shape index (κ2) is 8.37. The topological polar surface area (TPSA) is 12.0 Å². The van der Waals surface area contributed by atoms with Gasteiger partial charge in [-0.15, -0.1) is 0 Å². The number of hydrogen-bond donors (Lipinski definition) is 1. The predicted molar refractivity (Wildman–Crippen MR) is 85.7 cm³/mol. The molecule has 1 N–H and O–H groups in total. The van der Waals surface area contributed by atoms with Crippen LogP contribution in [-0.2, 0) is 6.42 Å². The van der Waals surface area contributed by atoms with E-state index in [1.807, 2.05) is 0 Å². The Bertz CT molecular complexity index is 339. The van der Waals surface area contributed by atoms with Crippen LogP contribution in [0.3, 0.4) is 0 Å². The summed E-state index contributed by atoms with van der Waals surface area (Å²) >= 11 is 0. The molecule has 1 rings (SSSR count). The van der Waals surface area contributed by atoms with E-state index < -0.39 is 0 Å². The average Bonchev–Trinajstić information content (AvgIpc) is 2.39. The minimum Gasteiger partial charge on any atom is -0.316 e. The number of benzene rings is 1. The Morgan fingerprint density at radius 1 is 0.947 bits per heavy atom. The first kappa shape index (κ1) is 16.2. The molecule has 0 aliphatic heterocycles. The summed E-state index contributed by atoms with van der Waals surface area (Å²) in [4.78, 5) is 0. The highest BCUT2D eigenvalue weighted by Gasteiger charge is 2.12. The van der Waals surface area contributed by atoms with Crippen molar-refractivity contribution in [1.82, 2.24) is 5.32 Å². The molecule has 1 aromatic carbocycles. The molecule has 0 saturated heterocycles. The summed E-state index contributed by atoms with van der Waals surface area (Å²) in [5.74, 6) is 2.09. The number of hydrogen-bond acceptors (Lipinski definition) is 1. The average molecular weight is 261 g/mol. The van der Waals surface area contributed by atoms with Gasteiger partial charge in [-0.25, -0.2) is 0 Å². The van der Waals surface area contributed by atoms with Gasteiger partial charge in [-0.3, -0.25) is 0 Å². The molecule has 0 radical (unpaired) electrons. The number of rotatable bonds is 8. The van der Waals surface area contributed by atoms with E-state index in [-0.39, 0.29) is 0 Å². The van der Waals surface area contributed by atoms with Gasteiger partial charge in [0.15, 0.2) is 0 Å². The van der Waals surface area contributed by atoms with Gasteiger partial charge in [0.1, 0.15) is 0 Å². The summed E-state index contributed by atoms with van der Waals surface area (Å²) in [5, 5.41) is 3.53. The van der Waals surface area contributed by atoms with E-state index in [9.17, 15) is 0 Å². The summed E-state index contributed by atoms with van der Waals surface area (Å²) in [6, 6.07) is 9.18. The van der Waals surface area contributed by atoms with Gasteiger partial charge < -0.3 is 5.32 Å². The molecule has 0 bridgehead atoms. The standard InChI is InChI=1S/C18H31N/c1-6-11-19-13-16(5)15(4)12-17-7-9-18(10-8-17)14(2)3/h7-10,14-16,19H,6,11-13H2,1-5H3. The predicted octanol–water partition coefficient (Wildman–Crippen LogP) is 4.62. The minimum absolute atomic E-state index is 0.628. The molecule has 0 aliphatic rings. The van der Waals surface area contributed by atoms with Gasteiger partial charge in [0.2, 0.25) is 0 Å². The van der Waals surface area contributed by atoms with Crippen LogP contribution in [0.1, 0.15) is 58.1 Å². The van der Waals surface area contributed by atoms with Crippen LogP contribution < -0.4 is 5.32 Å². The lowest BCUT2D eigenvalue weighted by atomic mass is 9.89. The third kappa shape index (κ3) is 5.78. The lowest BCUT2D eigenvalue weighted by molar-refractivity contribution is 0.365. The molecular formula is C18H31N. The summed E-state index contributed by atoms with van der Waals surface area (Å²) in [5.41, 5.74) is 2.91. The van der Waals surface area contributed by atoms with Gasteiger partial charge in [-0.2, -0.15) is 0 Å². The van der Waals surface area contributed by atoms with E-state index in [1.165, 1.54) is 24.0 Å². The maximum Gasteiger partial charge on any atom is -0.00205 e. The first-order chi connectivity index (χ1) is 9.04. The zero-order valence-corrected chi connectivity index (χ0v) is 13.4. The van der Waals surface area contributed by atoms with E-state index in [0.29, 0.717) is 5.92 Å². The zero-order valence-electron chi connectivity index (χ0n) is 13.4. The zero-order chi connectivity index (χ0) is 14.3. The monoisotopic (exact) mass is 261 g/mol. The van der Waals surface area contributed by atoms with E-state index in [2.05, 4.69) is 64.2 Å². The normalized spacial score (nSPS) is 14.6. The molecule has 0 spiro atoms. The molecule has 2 unspecified atom stereocenters. The highest BCUT2D eigenvalue weighted by atomic mass is 14.8. The molecule has 19 heavy (non-hydrogen) atoms. The second-order valence-electron chi connectivity index (χ2n) is 6.26. The van der Waals surface area contributed by atoms with Crippen molar-refractivity contribution < 1.29 is 0 Å². The Balaban J connectivity index is 2.44. The lowest BCUT2D eigenvalue weighted by Crippen LogP contribution is -2.26. The molecular weight excluding hydrogens is 230 g/mol. The van der Waals surface area contributed by atoms with Crippen LogP contribution in [0.15, 0.2) is 24.3 Å². The molecule has 0 heterocycles. The maximum atomic E-state index is 3.53. The van der Waals surface area contributed by atoms with Crippen molar-refractivity contribution >= 4 is 0 Å². The van der Waals surface area contributed by atoms with Crippen LogP contribution in [0.4, 0.5) is 0 Å². The Kier molecular flexibility index (Phi) is 7.15. The van der Waals surface area contributed by atoms with E-state index in [1.54, 1.807) is 0 Å². The summed E-state index contributed by atoms with van der Waals surface area (Å²) in [6.45, 7) is 13.7. The van der Waals surface area contributed by atoms with E-state index >= 15 is 0 Å². The first-order valence-electron chi connectivity index (χ1n) is 7.84. The minimum atomic E-state index is 0.628. The van der Waals surface area contributed by atoms with Crippen LogP contribution >= 0.6 is 0 Å². The van der Waals surface area contributed by atoms with Crippen LogP contribution in [0.5, 0.6) is 0 Å². The Hall–Kier alpha value is -0.820. The van der Waals surface area contributed by atoms with Gasteiger partial charge in [0.05, 0.1) is 0 Å². The van der Waals surface area contributed by atoms with Gasteiger partial charge >= 0.3 is 0 Å². The molecule has 1 nitrogen and oxygen atoms in total. The fourth-order valence-corrected chi connectivity index (χ4v) is 2.32. The molecule has 1 heteroatoms. The molecule has 108 valence electrons. The fourth-order valence-electron chi connectivity index (χ4n) is 2.32. The van der Waals surface area contributed by atoms with Gasteiger partial charge in [0.25, 0.3) is 0 Å². The highest BCUT2D eigenvalue weighted by molar-refractivity contribution is 5.24. The third-order valence-corrected chi connectivity index (χ3v) is 4.07. The molecule has 0 saturated carbocycles. The molecule has 1 aromatic rings. The Labute approximate surface area is 119 Å². The van der Waals surface area contributed by atoms with Crippen LogP contribution in [-0.4, -0.2) is 13.1 Å². The van der Waals surface area contributed by atoms with Crippen molar-refractivity contribution in [3.63, 3.8) is 0 Å². The smallest absolute Gasteiger partial charge is 0.00205 e. The number of nitrogens with one attached hydrogen (secondary N) is 1. The molecule has 0 aliphatic carbocycles. The van der Waals surface area contributed by atoms with Crippen molar-refractivity contribution in [3.05, 3.63) is 35.4 Å². The van der Waals surface area contributed by atoms with Gasteiger partial charge in [0, 0.05) is 0 Å². The fraction of sp³-hybridized carbons (Fsp3) is 0.667. The molecule has 0 aromatic heterocycles. The van der Waals surface area contributed by atoms with Crippen molar-refractivity contribution in [2.24, 2.45) is 11.8 Å². The largest absolute Gasteiger partial charge is 0.316 e. The lowest BCUT2D eigenvalue weighted by Gasteiger charge is -2.20. The molecule has 2 atom stereocenters. The highest BCUT2D eigenvalue weighted by Crippen LogP contribution is 2.19. The van der Waals surface area contributed by atoms with E-state index in [0.717, 1.165) is 24.9 Å². The van der Waals surface area contributed by atoms with Gasteiger partial charge in [-0.05, 0) is 54.8 Å². The summed E-state index contributed by atoms with van der Waals surface area (Å²) in [6.07, 6.45) is 2.41. The first-order valence-corrected chi connectivity index (χ1v) is 7.84. The maximum absolute atomic E-state index is 3.53. The van der Waals surface area contributed by atoms with Crippen LogP contribution in [0.2, 0.25) is 0 Å². The molecule has 0 amide bonds. The van der Waals surface area contributed by atoms with Crippen molar-refractivity contribution in [2.75, 3.05) is 13.1 Å². The van der Waals surface area contributed by atoms with Crippen molar-refractivity contribution in [1.29, 1.82) is 0 Å². The quantitative estimate of drug-likeness (QED) is 0.673. The SMILES string of the molecule is CCCNCC(C)C(C)Cc1ccc(C(C)C)cc1. The summed E-state index contributed by atoms with van der Waals surface area (Å²) < 4.78 is 0. The van der Waals surface area contributed by atoms with Crippen molar-refractivity contribution in [3.8, 4) is 0 Å². The Morgan fingerprint density at radius 2 is 1.58 bits per heavy atom.